The Labute approximate surface area is 82.0 Å². The van der Waals surface area contributed by atoms with Gasteiger partial charge >= 0.3 is 0 Å². The molecule has 4 heteroatoms. The maximum Gasteiger partial charge on any atom is 0.231 e. The largest absolute Gasteiger partial charge is 0.493 e. The SMILES string of the molecule is COc1cc(CCO)cc2c1OCO2. The molecule has 0 saturated heterocycles. The number of benzene rings is 1. The lowest BCUT2D eigenvalue weighted by atomic mass is 10.1. The van der Waals surface area contributed by atoms with Crippen molar-refractivity contribution in [2.45, 2.75) is 6.42 Å². The zero-order chi connectivity index (χ0) is 9.97. The van der Waals surface area contributed by atoms with Gasteiger partial charge in [-0.2, -0.15) is 0 Å². The molecule has 1 N–H and O–H groups in total. The Morgan fingerprint density at radius 1 is 1.43 bits per heavy atom. The predicted octanol–water partition coefficient (Wildman–Crippen LogP) is 0.959. The first-order valence-electron chi connectivity index (χ1n) is 4.42. The van der Waals surface area contributed by atoms with E-state index in [9.17, 15) is 0 Å². The minimum absolute atomic E-state index is 0.114. The molecule has 0 unspecified atom stereocenters. The quantitative estimate of drug-likeness (QED) is 0.782. The number of aliphatic hydroxyl groups excluding tert-OH is 1. The number of rotatable bonds is 3. The van der Waals surface area contributed by atoms with Crippen LogP contribution >= 0.6 is 0 Å². The van der Waals surface area contributed by atoms with Crippen molar-refractivity contribution < 1.29 is 19.3 Å². The number of ether oxygens (including phenoxy) is 3. The molecule has 1 aliphatic rings. The Bertz CT molecular complexity index is 335. The smallest absolute Gasteiger partial charge is 0.231 e. The fourth-order valence-electron chi connectivity index (χ4n) is 1.46. The zero-order valence-electron chi connectivity index (χ0n) is 7.95. The second kappa shape index (κ2) is 3.75. The highest BCUT2D eigenvalue weighted by Crippen LogP contribution is 2.41. The molecule has 2 rings (SSSR count). The van der Waals surface area contributed by atoms with Crippen LogP contribution in [0, 0.1) is 0 Å². The number of fused-ring (bicyclic) bond motifs is 1. The van der Waals surface area contributed by atoms with Gasteiger partial charge in [-0.05, 0) is 24.1 Å². The van der Waals surface area contributed by atoms with Crippen LogP contribution in [0.3, 0.4) is 0 Å². The van der Waals surface area contributed by atoms with Crippen LogP contribution in [0.15, 0.2) is 12.1 Å². The van der Waals surface area contributed by atoms with Gasteiger partial charge in [-0.25, -0.2) is 0 Å². The summed E-state index contributed by atoms with van der Waals surface area (Å²) in [7, 11) is 1.58. The molecule has 1 heterocycles. The molecule has 4 nitrogen and oxygen atoms in total. The lowest BCUT2D eigenvalue weighted by molar-refractivity contribution is 0.171. The number of aliphatic hydroxyl groups is 1. The maximum atomic E-state index is 8.82. The van der Waals surface area contributed by atoms with Crippen LogP contribution in [-0.4, -0.2) is 25.6 Å². The molecule has 1 aromatic carbocycles. The van der Waals surface area contributed by atoms with E-state index in [1.807, 2.05) is 12.1 Å². The van der Waals surface area contributed by atoms with Gasteiger partial charge in [0.15, 0.2) is 11.5 Å². The lowest BCUT2D eigenvalue weighted by Crippen LogP contribution is -1.94. The molecule has 0 radical (unpaired) electrons. The molecule has 0 aromatic heterocycles. The van der Waals surface area contributed by atoms with Crippen LogP contribution in [0.5, 0.6) is 17.2 Å². The van der Waals surface area contributed by atoms with Gasteiger partial charge in [0, 0.05) is 6.61 Å². The Hall–Kier alpha value is -1.42. The fraction of sp³-hybridized carbons (Fsp3) is 0.400. The van der Waals surface area contributed by atoms with Gasteiger partial charge in [-0.3, -0.25) is 0 Å². The first-order chi connectivity index (χ1) is 6.85. The van der Waals surface area contributed by atoms with Crippen molar-refractivity contribution in [3.8, 4) is 17.2 Å². The highest BCUT2D eigenvalue weighted by molar-refractivity contribution is 5.55. The Balaban J connectivity index is 2.39. The van der Waals surface area contributed by atoms with E-state index in [1.165, 1.54) is 0 Å². The van der Waals surface area contributed by atoms with Crippen LogP contribution in [0.4, 0.5) is 0 Å². The molecule has 0 aliphatic carbocycles. The molecule has 0 amide bonds. The van der Waals surface area contributed by atoms with E-state index in [4.69, 9.17) is 19.3 Å². The van der Waals surface area contributed by atoms with Gasteiger partial charge in [0.25, 0.3) is 0 Å². The standard InChI is InChI=1S/C10H12O4/c1-12-8-4-7(2-3-11)5-9-10(8)14-6-13-9/h4-5,11H,2-3,6H2,1H3. The molecule has 0 spiro atoms. The molecular formula is C10H12O4. The zero-order valence-corrected chi connectivity index (χ0v) is 7.95. The Kier molecular flexibility index (Phi) is 2.45. The Morgan fingerprint density at radius 3 is 3.00 bits per heavy atom. The van der Waals surface area contributed by atoms with Crippen molar-refractivity contribution in [1.82, 2.24) is 0 Å². The van der Waals surface area contributed by atoms with E-state index in [0.717, 1.165) is 5.56 Å². The van der Waals surface area contributed by atoms with E-state index in [1.54, 1.807) is 7.11 Å². The van der Waals surface area contributed by atoms with E-state index in [2.05, 4.69) is 0 Å². The van der Waals surface area contributed by atoms with Crippen molar-refractivity contribution in [3.63, 3.8) is 0 Å². The molecule has 14 heavy (non-hydrogen) atoms. The molecular weight excluding hydrogens is 184 g/mol. The summed E-state index contributed by atoms with van der Waals surface area (Å²) in [5.74, 6) is 1.99. The monoisotopic (exact) mass is 196 g/mol. The predicted molar refractivity (Wildman–Crippen MR) is 49.9 cm³/mol. The fourth-order valence-corrected chi connectivity index (χ4v) is 1.46. The molecule has 76 valence electrons. The minimum Gasteiger partial charge on any atom is -0.493 e. The average molecular weight is 196 g/mol. The highest BCUT2D eigenvalue weighted by atomic mass is 16.7. The second-order valence-electron chi connectivity index (χ2n) is 3.01. The van der Waals surface area contributed by atoms with Gasteiger partial charge in [0.2, 0.25) is 12.5 Å². The van der Waals surface area contributed by atoms with Crippen LogP contribution in [0.1, 0.15) is 5.56 Å². The summed E-state index contributed by atoms with van der Waals surface area (Å²) in [5.41, 5.74) is 0.980. The summed E-state index contributed by atoms with van der Waals surface area (Å²) in [6.07, 6.45) is 0.590. The normalized spacial score (nSPS) is 13.0. The van der Waals surface area contributed by atoms with Crippen LogP contribution in [0.25, 0.3) is 0 Å². The molecule has 1 aromatic rings. The van der Waals surface area contributed by atoms with Crippen molar-refractivity contribution in [1.29, 1.82) is 0 Å². The van der Waals surface area contributed by atoms with Gasteiger partial charge in [0.1, 0.15) is 0 Å². The molecule has 0 bridgehead atoms. The van der Waals surface area contributed by atoms with Crippen LogP contribution in [-0.2, 0) is 6.42 Å². The summed E-state index contributed by atoms with van der Waals surface area (Å²) in [5, 5.41) is 8.82. The maximum absolute atomic E-state index is 8.82. The average Bonchev–Trinajstić information content (AvgIpc) is 2.65. The topological polar surface area (TPSA) is 47.9 Å². The summed E-state index contributed by atoms with van der Waals surface area (Å²) in [6, 6.07) is 3.71. The van der Waals surface area contributed by atoms with Gasteiger partial charge in [-0.1, -0.05) is 0 Å². The molecule has 1 aliphatic heterocycles. The van der Waals surface area contributed by atoms with E-state index in [-0.39, 0.29) is 13.4 Å². The number of hydrogen-bond donors (Lipinski definition) is 1. The lowest BCUT2D eigenvalue weighted by Gasteiger charge is -2.06. The third-order valence-electron chi connectivity index (χ3n) is 2.12. The summed E-state index contributed by atoms with van der Waals surface area (Å²) in [6.45, 7) is 0.344. The molecule has 0 fully saturated rings. The molecule has 0 saturated carbocycles. The van der Waals surface area contributed by atoms with Crippen LogP contribution in [0.2, 0.25) is 0 Å². The summed E-state index contributed by atoms with van der Waals surface area (Å²) in [4.78, 5) is 0. The number of methoxy groups -OCH3 is 1. The first-order valence-corrected chi connectivity index (χ1v) is 4.42. The van der Waals surface area contributed by atoms with Crippen LogP contribution < -0.4 is 14.2 Å². The Morgan fingerprint density at radius 2 is 2.29 bits per heavy atom. The van der Waals surface area contributed by atoms with E-state index >= 15 is 0 Å². The highest BCUT2D eigenvalue weighted by Gasteiger charge is 2.19. The van der Waals surface area contributed by atoms with Crippen molar-refractivity contribution in [2.75, 3.05) is 20.5 Å². The summed E-state index contributed by atoms with van der Waals surface area (Å²) >= 11 is 0. The van der Waals surface area contributed by atoms with Crippen molar-refractivity contribution in [2.24, 2.45) is 0 Å². The second-order valence-corrected chi connectivity index (χ2v) is 3.01. The third-order valence-corrected chi connectivity index (χ3v) is 2.12. The third kappa shape index (κ3) is 1.48. The first kappa shape index (κ1) is 9.15. The van der Waals surface area contributed by atoms with Gasteiger partial charge < -0.3 is 19.3 Å². The molecule has 0 atom stereocenters. The van der Waals surface area contributed by atoms with Gasteiger partial charge in [0.05, 0.1) is 7.11 Å². The number of hydrogen-bond acceptors (Lipinski definition) is 4. The van der Waals surface area contributed by atoms with Crippen molar-refractivity contribution in [3.05, 3.63) is 17.7 Å². The van der Waals surface area contributed by atoms with Crippen molar-refractivity contribution >= 4 is 0 Å². The van der Waals surface area contributed by atoms with E-state index < -0.39 is 0 Å². The minimum atomic E-state index is 0.114. The van der Waals surface area contributed by atoms with Gasteiger partial charge in [-0.15, -0.1) is 0 Å². The summed E-state index contributed by atoms with van der Waals surface area (Å²) < 4.78 is 15.6. The van der Waals surface area contributed by atoms with E-state index in [0.29, 0.717) is 23.7 Å².